The molecule has 0 unspecified atom stereocenters. The van der Waals surface area contributed by atoms with Crippen molar-refractivity contribution < 1.29 is 5.11 Å². The van der Waals surface area contributed by atoms with Crippen molar-refractivity contribution in [2.75, 3.05) is 5.32 Å². The molecule has 3 rings (SSSR count). The summed E-state index contributed by atoms with van der Waals surface area (Å²) in [6.45, 7) is 3.79. The number of hydrazone groups is 1. The van der Waals surface area contributed by atoms with Crippen molar-refractivity contribution in [2.45, 2.75) is 19.9 Å². The summed E-state index contributed by atoms with van der Waals surface area (Å²) in [6.07, 6.45) is 3.27. The number of phenols is 1. The molecule has 0 spiro atoms. The quantitative estimate of drug-likeness (QED) is 0.239. The fraction of sp³-hybridized carbons (Fsp3) is 0.188. The topological polar surface area (TPSA) is 130 Å². The zero-order chi connectivity index (χ0) is 18.0. The van der Waals surface area contributed by atoms with Crippen molar-refractivity contribution in [3.63, 3.8) is 0 Å². The van der Waals surface area contributed by atoms with Gasteiger partial charge in [-0.15, -0.1) is 5.10 Å². The lowest BCUT2D eigenvalue weighted by molar-refractivity contribution is 0.239. The van der Waals surface area contributed by atoms with Crippen LogP contribution in [0.1, 0.15) is 19.4 Å². The van der Waals surface area contributed by atoms with Crippen LogP contribution in [0.2, 0.25) is 0 Å². The normalized spacial score (nSPS) is 11.9. The predicted octanol–water partition coefficient (Wildman–Crippen LogP) is 1.38. The van der Waals surface area contributed by atoms with E-state index in [1.54, 1.807) is 16.6 Å². The first-order valence-electron chi connectivity index (χ1n) is 7.72. The molecule has 0 radical (unpaired) electrons. The van der Waals surface area contributed by atoms with E-state index < -0.39 is 0 Å². The van der Waals surface area contributed by atoms with E-state index in [0.717, 1.165) is 5.52 Å². The lowest BCUT2D eigenvalue weighted by Crippen LogP contribution is -2.35. The lowest BCUT2D eigenvalue weighted by Gasteiger charge is -2.17. The second kappa shape index (κ2) is 6.65. The third-order valence-corrected chi connectivity index (χ3v) is 3.56. The number of phenolic OH excluding ortho intramolecular Hbond substituents is 1. The molecule has 2 heterocycles. The van der Waals surface area contributed by atoms with Crippen LogP contribution in [0.4, 0.5) is 11.5 Å². The van der Waals surface area contributed by atoms with Gasteiger partial charge in [-0.3, -0.25) is 0 Å². The second-order valence-corrected chi connectivity index (χ2v) is 5.80. The molecule has 0 bridgehead atoms. The fourth-order valence-electron chi connectivity index (χ4n) is 2.23. The first kappa shape index (κ1) is 16.5. The van der Waals surface area contributed by atoms with E-state index in [-0.39, 0.29) is 17.6 Å². The summed E-state index contributed by atoms with van der Waals surface area (Å²) in [5.74, 6) is 6.63. The van der Waals surface area contributed by atoms with Gasteiger partial charge < -0.3 is 16.2 Å². The summed E-state index contributed by atoms with van der Waals surface area (Å²) in [5.41, 5.74) is 7.96. The third-order valence-electron chi connectivity index (χ3n) is 3.56. The Balaban J connectivity index is 1.93. The zero-order valence-electron chi connectivity index (χ0n) is 14.0. The Kier molecular flexibility index (Phi) is 4.40. The van der Waals surface area contributed by atoms with Crippen molar-refractivity contribution in [1.29, 1.82) is 0 Å². The molecule has 9 heteroatoms. The maximum atomic E-state index is 10.0. The Hall–Kier alpha value is -3.33. The molecule has 0 aliphatic rings. The average molecular weight is 340 g/mol. The zero-order valence-corrected chi connectivity index (χ0v) is 14.0. The lowest BCUT2D eigenvalue weighted by atomic mass is 10.1. The number of amidine groups is 1. The summed E-state index contributed by atoms with van der Waals surface area (Å²) < 4.78 is 1.70. The van der Waals surface area contributed by atoms with Gasteiger partial charge in [0.2, 0.25) is 0 Å². The number of aromatic hydroxyl groups is 1. The van der Waals surface area contributed by atoms with Crippen LogP contribution in [0.25, 0.3) is 5.52 Å². The van der Waals surface area contributed by atoms with Crippen LogP contribution in [0.15, 0.2) is 48.0 Å². The number of hydrogen-bond donors (Lipinski definition) is 4. The van der Waals surface area contributed by atoms with Crippen LogP contribution in [0.5, 0.6) is 5.75 Å². The summed E-state index contributed by atoms with van der Waals surface area (Å²) in [5, 5.41) is 22.7. The average Bonchev–Trinajstić information content (AvgIpc) is 3.03. The summed E-state index contributed by atoms with van der Waals surface area (Å²) in [4.78, 5) is 4.24. The van der Waals surface area contributed by atoms with Gasteiger partial charge in [-0.05, 0) is 38.1 Å². The number of benzene rings is 1. The molecular weight excluding hydrogens is 320 g/mol. The molecule has 1 aromatic carbocycles. The monoisotopic (exact) mass is 340 g/mol. The van der Waals surface area contributed by atoms with Crippen molar-refractivity contribution in [2.24, 2.45) is 16.7 Å². The number of anilines is 2. The first-order valence-corrected chi connectivity index (χ1v) is 7.72. The molecule has 3 aromatic rings. The van der Waals surface area contributed by atoms with Crippen LogP contribution >= 0.6 is 0 Å². The third kappa shape index (κ3) is 3.61. The van der Waals surface area contributed by atoms with Crippen LogP contribution in [-0.4, -0.2) is 36.7 Å². The van der Waals surface area contributed by atoms with E-state index >= 15 is 0 Å². The Bertz CT molecular complexity index is 917. The standard InChI is InChI=1S/C16H20N8O/c1-10(2)24(18)22-15(17)11-6-12(8-13(25)7-11)21-16-14-4-3-5-23(14)20-9-19-16/h3-10,25H,18H2,1-2H3,(H2,17,22)(H,19,20,21). The van der Waals surface area contributed by atoms with Gasteiger partial charge in [-0.2, -0.15) is 5.10 Å². The first-order chi connectivity index (χ1) is 11.9. The molecule has 0 fully saturated rings. The smallest absolute Gasteiger partial charge is 0.158 e. The maximum Gasteiger partial charge on any atom is 0.158 e. The van der Waals surface area contributed by atoms with Gasteiger partial charge in [-0.1, -0.05) is 0 Å². The Morgan fingerprint density at radius 2 is 2.16 bits per heavy atom. The fourth-order valence-corrected chi connectivity index (χ4v) is 2.23. The molecule has 0 aliphatic heterocycles. The minimum Gasteiger partial charge on any atom is -0.508 e. The van der Waals surface area contributed by atoms with Gasteiger partial charge in [0, 0.05) is 23.5 Å². The van der Waals surface area contributed by atoms with E-state index in [1.165, 1.54) is 17.5 Å². The molecule has 0 amide bonds. The molecule has 130 valence electrons. The van der Waals surface area contributed by atoms with Gasteiger partial charge in [0.05, 0.1) is 6.04 Å². The number of nitrogens with zero attached hydrogens (tertiary/aromatic N) is 5. The van der Waals surface area contributed by atoms with Crippen molar-refractivity contribution in [3.8, 4) is 5.75 Å². The van der Waals surface area contributed by atoms with Crippen LogP contribution in [0, 0.1) is 0 Å². The number of hydrazine groups is 1. The molecule has 2 aromatic heterocycles. The minimum absolute atomic E-state index is 0.00266. The highest BCUT2D eigenvalue weighted by molar-refractivity contribution is 5.98. The molecule has 0 saturated carbocycles. The van der Waals surface area contributed by atoms with Crippen molar-refractivity contribution >= 4 is 22.9 Å². The van der Waals surface area contributed by atoms with Crippen LogP contribution < -0.4 is 16.9 Å². The molecular formula is C16H20N8O. The Labute approximate surface area is 144 Å². The largest absolute Gasteiger partial charge is 0.508 e. The highest BCUT2D eigenvalue weighted by Gasteiger charge is 2.09. The van der Waals surface area contributed by atoms with Gasteiger partial charge in [0.25, 0.3) is 0 Å². The van der Waals surface area contributed by atoms with Gasteiger partial charge in [0.1, 0.15) is 17.6 Å². The van der Waals surface area contributed by atoms with E-state index in [1.807, 2.05) is 32.2 Å². The number of nitrogens with one attached hydrogen (secondary N) is 1. The highest BCUT2D eigenvalue weighted by Crippen LogP contribution is 2.24. The van der Waals surface area contributed by atoms with Gasteiger partial charge in [-0.25, -0.2) is 20.5 Å². The number of rotatable bonds is 5. The van der Waals surface area contributed by atoms with Crippen LogP contribution in [-0.2, 0) is 0 Å². The number of nitrogens with two attached hydrogens (primary N) is 2. The number of aromatic nitrogens is 3. The second-order valence-electron chi connectivity index (χ2n) is 5.80. The summed E-state index contributed by atoms with van der Waals surface area (Å²) in [6, 6.07) is 8.60. The minimum atomic E-state index is -0.00266. The van der Waals surface area contributed by atoms with E-state index in [2.05, 4.69) is 20.5 Å². The molecule has 0 saturated heterocycles. The molecule has 0 aliphatic carbocycles. The SMILES string of the molecule is CC(C)N(N)/N=C(\N)c1cc(O)cc(Nc2ncnn3cccc23)c1. The maximum absolute atomic E-state index is 10.0. The Morgan fingerprint density at radius 1 is 1.36 bits per heavy atom. The number of hydrogen-bond acceptors (Lipinski definition) is 7. The van der Waals surface area contributed by atoms with Gasteiger partial charge >= 0.3 is 0 Å². The van der Waals surface area contributed by atoms with Crippen molar-refractivity contribution in [3.05, 3.63) is 48.4 Å². The predicted molar refractivity (Wildman–Crippen MR) is 96.3 cm³/mol. The van der Waals surface area contributed by atoms with E-state index in [4.69, 9.17) is 11.6 Å². The van der Waals surface area contributed by atoms with Crippen molar-refractivity contribution in [1.82, 2.24) is 19.7 Å². The molecule has 6 N–H and O–H groups in total. The van der Waals surface area contributed by atoms with E-state index in [0.29, 0.717) is 17.1 Å². The number of fused-ring (bicyclic) bond motifs is 1. The Morgan fingerprint density at radius 3 is 2.92 bits per heavy atom. The molecule has 25 heavy (non-hydrogen) atoms. The van der Waals surface area contributed by atoms with E-state index in [9.17, 15) is 5.11 Å². The molecule has 9 nitrogen and oxygen atoms in total. The van der Waals surface area contributed by atoms with Gasteiger partial charge in [0.15, 0.2) is 11.7 Å². The molecule has 0 atom stereocenters. The van der Waals surface area contributed by atoms with Crippen LogP contribution in [0.3, 0.4) is 0 Å². The highest BCUT2D eigenvalue weighted by atomic mass is 16.3. The summed E-state index contributed by atoms with van der Waals surface area (Å²) >= 11 is 0. The summed E-state index contributed by atoms with van der Waals surface area (Å²) in [7, 11) is 0.